The summed E-state index contributed by atoms with van der Waals surface area (Å²) in [5.74, 6) is -5.33. The maximum Gasteiger partial charge on any atom is 0.326 e. The zero-order valence-corrected chi connectivity index (χ0v) is 11.0. The standard InChI is InChI=1S/C17H12F3O/c1-3-13-8-10-14(11-9-13)21-16-7-5-4-6-15(16)17(19,20)12(2)18/h1,3-11H,2H2. The first kappa shape index (κ1) is 14.9. The van der Waals surface area contributed by atoms with Crippen LogP contribution in [0, 0.1) is 6.58 Å². The van der Waals surface area contributed by atoms with Crippen LogP contribution >= 0.6 is 0 Å². The second-order valence-corrected chi connectivity index (χ2v) is 4.31. The molecular formula is C17H12F3O. The molecule has 0 aliphatic heterocycles. The van der Waals surface area contributed by atoms with Gasteiger partial charge in [0.1, 0.15) is 11.5 Å². The Morgan fingerprint density at radius 3 is 2.29 bits per heavy atom. The molecule has 0 spiro atoms. The summed E-state index contributed by atoms with van der Waals surface area (Å²) in [4.78, 5) is 0. The fourth-order valence-electron chi connectivity index (χ4n) is 1.74. The Bertz CT molecular complexity index is 660. The fraction of sp³-hybridized carbons (Fsp3) is 0.0588. The predicted octanol–water partition coefficient (Wildman–Crippen LogP) is 5.50. The predicted molar refractivity (Wildman–Crippen MR) is 75.9 cm³/mol. The fourth-order valence-corrected chi connectivity index (χ4v) is 1.74. The highest BCUT2D eigenvalue weighted by Crippen LogP contribution is 2.41. The minimum atomic E-state index is -3.80. The van der Waals surface area contributed by atoms with E-state index in [1.807, 2.05) is 0 Å². The highest BCUT2D eigenvalue weighted by molar-refractivity contribution is 5.48. The number of alkyl halides is 2. The first-order valence-corrected chi connectivity index (χ1v) is 6.10. The van der Waals surface area contributed by atoms with Crippen LogP contribution in [0.3, 0.4) is 0 Å². The number of benzene rings is 2. The van der Waals surface area contributed by atoms with Gasteiger partial charge < -0.3 is 4.74 Å². The van der Waals surface area contributed by atoms with Crippen molar-refractivity contribution in [2.24, 2.45) is 0 Å². The quantitative estimate of drug-likeness (QED) is 0.706. The number of allylic oxidation sites excluding steroid dienone is 1. The van der Waals surface area contributed by atoms with E-state index in [0.29, 0.717) is 5.75 Å². The molecule has 0 aromatic heterocycles. The van der Waals surface area contributed by atoms with Gasteiger partial charge in [0, 0.05) is 0 Å². The van der Waals surface area contributed by atoms with Crippen LogP contribution in [-0.2, 0) is 5.92 Å². The van der Waals surface area contributed by atoms with Gasteiger partial charge in [-0.15, -0.1) is 0 Å². The molecule has 0 saturated carbocycles. The summed E-state index contributed by atoms with van der Waals surface area (Å²) in [7, 11) is 0. The number of ether oxygens (including phenoxy) is 1. The topological polar surface area (TPSA) is 9.23 Å². The molecule has 0 unspecified atom stereocenters. The molecule has 2 rings (SSSR count). The van der Waals surface area contributed by atoms with Gasteiger partial charge in [-0.3, -0.25) is 0 Å². The zero-order chi connectivity index (χ0) is 15.5. The summed E-state index contributed by atoms with van der Waals surface area (Å²) in [5.41, 5.74) is 0.185. The van der Waals surface area contributed by atoms with Crippen molar-refractivity contribution >= 4 is 6.08 Å². The van der Waals surface area contributed by atoms with E-state index in [4.69, 9.17) is 11.3 Å². The van der Waals surface area contributed by atoms with Crippen molar-refractivity contribution in [2.75, 3.05) is 0 Å². The van der Waals surface area contributed by atoms with Crippen LogP contribution in [0.2, 0.25) is 0 Å². The van der Waals surface area contributed by atoms with Gasteiger partial charge in [-0.05, 0) is 29.8 Å². The highest BCUT2D eigenvalue weighted by Gasteiger charge is 2.39. The van der Waals surface area contributed by atoms with E-state index in [9.17, 15) is 13.2 Å². The zero-order valence-electron chi connectivity index (χ0n) is 11.0. The molecule has 1 nitrogen and oxygen atoms in total. The Morgan fingerprint density at radius 1 is 1.10 bits per heavy atom. The minimum absolute atomic E-state index is 0.134. The van der Waals surface area contributed by atoms with Gasteiger partial charge in [0.2, 0.25) is 0 Å². The van der Waals surface area contributed by atoms with Crippen LogP contribution in [0.4, 0.5) is 13.2 Å². The number of hydrogen-bond acceptors (Lipinski definition) is 1. The minimum Gasteiger partial charge on any atom is -0.457 e. The molecule has 107 valence electrons. The summed E-state index contributed by atoms with van der Waals surface area (Å²) in [5, 5.41) is 0. The normalized spacial score (nSPS) is 11.0. The van der Waals surface area contributed by atoms with Crippen LogP contribution in [0.5, 0.6) is 11.5 Å². The number of halogens is 3. The van der Waals surface area contributed by atoms with Crippen molar-refractivity contribution < 1.29 is 17.9 Å². The second kappa shape index (κ2) is 5.87. The molecule has 0 aliphatic rings. The van der Waals surface area contributed by atoms with E-state index in [1.165, 1.54) is 24.3 Å². The lowest BCUT2D eigenvalue weighted by Gasteiger charge is -2.18. The van der Waals surface area contributed by atoms with Crippen LogP contribution in [-0.4, -0.2) is 0 Å². The third kappa shape index (κ3) is 3.16. The summed E-state index contributed by atoms with van der Waals surface area (Å²) >= 11 is 0. The maximum atomic E-state index is 13.8. The molecule has 1 radical (unpaired) electrons. The Labute approximate surface area is 121 Å². The molecule has 4 heteroatoms. The van der Waals surface area contributed by atoms with E-state index in [2.05, 4.69) is 6.58 Å². The van der Waals surface area contributed by atoms with E-state index >= 15 is 0 Å². The highest BCUT2D eigenvalue weighted by atomic mass is 19.3. The molecule has 0 bridgehead atoms. The third-order valence-corrected chi connectivity index (χ3v) is 2.87. The Kier molecular flexibility index (Phi) is 4.17. The largest absolute Gasteiger partial charge is 0.457 e. The first-order chi connectivity index (χ1) is 9.95. The summed E-state index contributed by atoms with van der Waals surface area (Å²) in [6.45, 7) is 8.03. The van der Waals surface area contributed by atoms with Crippen molar-refractivity contribution in [3.05, 3.63) is 78.6 Å². The summed E-state index contributed by atoms with van der Waals surface area (Å²) < 4.78 is 45.9. The summed E-state index contributed by atoms with van der Waals surface area (Å²) in [6.07, 6.45) is 1.40. The molecule has 0 heterocycles. The van der Waals surface area contributed by atoms with Gasteiger partial charge in [-0.1, -0.05) is 43.5 Å². The van der Waals surface area contributed by atoms with Crippen molar-refractivity contribution in [1.82, 2.24) is 0 Å². The summed E-state index contributed by atoms with van der Waals surface area (Å²) in [6, 6.07) is 11.9. The molecular weight excluding hydrogens is 277 g/mol. The molecule has 0 fully saturated rings. The lowest BCUT2D eigenvalue weighted by atomic mass is 10.1. The van der Waals surface area contributed by atoms with Crippen LogP contribution in [0.15, 0.2) is 60.9 Å². The van der Waals surface area contributed by atoms with Gasteiger partial charge in [-0.2, -0.15) is 8.78 Å². The van der Waals surface area contributed by atoms with E-state index in [0.717, 1.165) is 11.6 Å². The lowest BCUT2D eigenvalue weighted by Crippen LogP contribution is -2.14. The number of para-hydroxylation sites is 1. The van der Waals surface area contributed by atoms with Crippen molar-refractivity contribution in [2.45, 2.75) is 5.92 Å². The van der Waals surface area contributed by atoms with Gasteiger partial charge >= 0.3 is 5.92 Å². The van der Waals surface area contributed by atoms with E-state index < -0.39 is 17.3 Å². The van der Waals surface area contributed by atoms with Crippen molar-refractivity contribution in [1.29, 1.82) is 0 Å². The molecule has 0 amide bonds. The van der Waals surface area contributed by atoms with Crippen molar-refractivity contribution in [3.63, 3.8) is 0 Å². The second-order valence-electron chi connectivity index (χ2n) is 4.31. The molecule has 0 N–H and O–H groups in total. The maximum absolute atomic E-state index is 13.8. The van der Waals surface area contributed by atoms with Gasteiger partial charge in [0.05, 0.1) is 5.56 Å². The van der Waals surface area contributed by atoms with Crippen LogP contribution in [0.1, 0.15) is 11.1 Å². The number of hydrogen-bond donors (Lipinski definition) is 0. The van der Waals surface area contributed by atoms with Gasteiger partial charge in [0.25, 0.3) is 0 Å². The smallest absolute Gasteiger partial charge is 0.326 e. The lowest BCUT2D eigenvalue weighted by molar-refractivity contribution is 0.0127. The molecule has 2 aromatic carbocycles. The third-order valence-electron chi connectivity index (χ3n) is 2.87. The Hall–Kier alpha value is -2.49. The average molecular weight is 289 g/mol. The molecule has 0 saturated heterocycles. The first-order valence-electron chi connectivity index (χ1n) is 6.10. The monoisotopic (exact) mass is 289 g/mol. The molecule has 0 aliphatic carbocycles. The van der Waals surface area contributed by atoms with Crippen LogP contribution in [0.25, 0.3) is 6.08 Å². The Morgan fingerprint density at radius 2 is 1.71 bits per heavy atom. The molecule has 2 aromatic rings. The molecule has 21 heavy (non-hydrogen) atoms. The SMILES string of the molecule is [CH]=Cc1ccc(Oc2ccccc2C(F)(F)C(=C)F)cc1. The molecule has 0 atom stereocenters. The van der Waals surface area contributed by atoms with Crippen molar-refractivity contribution in [3.8, 4) is 11.5 Å². The Balaban J connectivity index is 2.36. The van der Waals surface area contributed by atoms with E-state index in [1.54, 1.807) is 24.3 Å². The van der Waals surface area contributed by atoms with E-state index in [-0.39, 0.29) is 5.75 Å². The van der Waals surface area contributed by atoms with Gasteiger partial charge in [0.15, 0.2) is 5.83 Å². The van der Waals surface area contributed by atoms with Crippen LogP contribution < -0.4 is 4.74 Å². The number of rotatable bonds is 5. The van der Waals surface area contributed by atoms with Gasteiger partial charge in [-0.25, -0.2) is 4.39 Å². The average Bonchev–Trinajstić information content (AvgIpc) is 2.48.